The van der Waals surface area contributed by atoms with E-state index in [-0.39, 0.29) is 5.91 Å². The minimum absolute atomic E-state index is 0.162. The Kier molecular flexibility index (Phi) is 5.63. The molecule has 1 aromatic rings. The molecule has 5 nitrogen and oxygen atoms in total. The van der Waals surface area contributed by atoms with E-state index in [1.54, 1.807) is 0 Å². The Morgan fingerprint density at radius 3 is 2.73 bits per heavy atom. The van der Waals surface area contributed by atoms with Gasteiger partial charge in [-0.2, -0.15) is 0 Å². The Labute approximate surface area is 156 Å². The van der Waals surface area contributed by atoms with Gasteiger partial charge in [0.2, 0.25) is 12.7 Å². The zero-order chi connectivity index (χ0) is 17.8. The van der Waals surface area contributed by atoms with Crippen LogP contribution in [-0.2, 0) is 11.2 Å². The summed E-state index contributed by atoms with van der Waals surface area (Å²) in [6.45, 7) is 2.46. The van der Waals surface area contributed by atoms with Crippen molar-refractivity contribution < 1.29 is 14.3 Å². The molecule has 4 rings (SSSR count). The quantitative estimate of drug-likeness (QED) is 0.821. The summed E-state index contributed by atoms with van der Waals surface area (Å²) >= 11 is 0. The van der Waals surface area contributed by atoms with Crippen molar-refractivity contribution in [2.75, 3.05) is 19.9 Å². The molecule has 1 aliphatic carbocycles. The highest BCUT2D eigenvalue weighted by Crippen LogP contribution is 2.32. The number of hydrogen-bond acceptors (Lipinski definition) is 4. The Balaban J connectivity index is 1.21. The normalized spacial score (nSPS) is 23.8. The molecule has 2 fully saturated rings. The maximum absolute atomic E-state index is 12.4. The zero-order valence-electron chi connectivity index (χ0n) is 15.5. The molecule has 1 saturated carbocycles. The zero-order valence-corrected chi connectivity index (χ0v) is 15.5. The largest absolute Gasteiger partial charge is 0.454 e. The predicted molar refractivity (Wildman–Crippen MR) is 100 cm³/mol. The first-order valence-electron chi connectivity index (χ1n) is 10.2. The molecule has 5 heteroatoms. The van der Waals surface area contributed by atoms with E-state index in [9.17, 15) is 4.79 Å². The van der Waals surface area contributed by atoms with Gasteiger partial charge in [0.05, 0.1) is 0 Å². The van der Waals surface area contributed by atoms with Gasteiger partial charge in [-0.25, -0.2) is 0 Å². The third-order valence-electron chi connectivity index (χ3n) is 6.00. The first-order chi connectivity index (χ1) is 12.8. The van der Waals surface area contributed by atoms with Crippen LogP contribution in [0.15, 0.2) is 18.2 Å². The third kappa shape index (κ3) is 4.32. The van der Waals surface area contributed by atoms with Crippen LogP contribution in [0.1, 0.15) is 56.9 Å². The minimum atomic E-state index is 0.162. The monoisotopic (exact) mass is 358 g/mol. The number of aryl methyl sites for hydroxylation is 1. The summed E-state index contributed by atoms with van der Waals surface area (Å²) in [6.07, 6.45) is 10.6. The molecule has 1 amide bonds. The molecule has 0 spiro atoms. The molecule has 142 valence electrons. The fraction of sp³-hybridized carbons (Fsp3) is 0.667. The van der Waals surface area contributed by atoms with E-state index in [1.165, 1.54) is 38.5 Å². The summed E-state index contributed by atoms with van der Waals surface area (Å²) in [5, 5.41) is 3.25. The highest BCUT2D eigenvalue weighted by molar-refractivity contribution is 5.76. The number of ether oxygens (including phenoxy) is 2. The second-order valence-electron chi connectivity index (χ2n) is 7.88. The van der Waals surface area contributed by atoms with Gasteiger partial charge in [-0.15, -0.1) is 0 Å². The van der Waals surface area contributed by atoms with Gasteiger partial charge < -0.3 is 14.8 Å². The molecule has 0 bridgehead atoms. The standard InChI is InChI=1S/C21H30N2O3/c24-21(10-8-16-7-9-19-20(13-16)26-15-25-19)22-17-11-12-23(14-17)18-5-3-1-2-4-6-18/h7,9,13,17-18H,1-6,8,10-12,14-15H2,(H,22,24). The molecule has 2 aliphatic heterocycles. The van der Waals surface area contributed by atoms with Gasteiger partial charge in [-0.3, -0.25) is 9.69 Å². The van der Waals surface area contributed by atoms with Crippen LogP contribution in [0, 0.1) is 0 Å². The number of likely N-dealkylation sites (tertiary alicyclic amines) is 1. The van der Waals surface area contributed by atoms with Crippen LogP contribution in [0.5, 0.6) is 11.5 Å². The second kappa shape index (κ2) is 8.30. The lowest BCUT2D eigenvalue weighted by Crippen LogP contribution is -2.39. The van der Waals surface area contributed by atoms with Crippen molar-refractivity contribution in [3.8, 4) is 11.5 Å². The van der Waals surface area contributed by atoms with Gasteiger partial charge in [0.15, 0.2) is 11.5 Å². The van der Waals surface area contributed by atoms with Crippen LogP contribution < -0.4 is 14.8 Å². The van der Waals surface area contributed by atoms with E-state index in [0.29, 0.717) is 19.3 Å². The Morgan fingerprint density at radius 2 is 1.88 bits per heavy atom. The first kappa shape index (κ1) is 17.7. The summed E-state index contributed by atoms with van der Waals surface area (Å²) in [4.78, 5) is 15.0. The maximum Gasteiger partial charge on any atom is 0.231 e. The lowest BCUT2D eigenvalue weighted by atomic mass is 10.1. The first-order valence-corrected chi connectivity index (χ1v) is 10.2. The fourth-order valence-corrected chi connectivity index (χ4v) is 4.51. The summed E-state index contributed by atoms with van der Waals surface area (Å²) < 4.78 is 10.7. The summed E-state index contributed by atoms with van der Waals surface area (Å²) in [5.74, 6) is 1.75. The number of rotatable bonds is 5. The van der Waals surface area contributed by atoms with E-state index in [1.807, 2.05) is 18.2 Å². The summed E-state index contributed by atoms with van der Waals surface area (Å²) in [5.41, 5.74) is 1.12. The molecular formula is C21H30N2O3. The van der Waals surface area contributed by atoms with Gasteiger partial charge in [-0.05, 0) is 43.4 Å². The minimum Gasteiger partial charge on any atom is -0.454 e. The molecule has 2 heterocycles. The number of nitrogens with zero attached hydrogens (tertiary/aromatic N) is 1. The van der Waals surface area contributed by atoms with Crippen LogP contribution in [0.3, 0.4) is 0 Å². The number of amides is 1. The molecule has 1 N–H and O–H groups in total. The molecule has 1 aromatic carbocycles. The average Bonchev–Trinajstić information content (AvgIpc) is 3.22. The van der Waals surface area contributed by atoms with Crippen molar-refractivity contribution >= 4 is 5.91 Å². The summed E-state index contributed by atoms with van der Waals surface area (Å²) in [6, 6.07) is 7.00. The Bertz CT molecular complexity index is 626. The smallest absolute Gasteiger partial charge is 0.231 e. The van der Waals surface area contributed by atoms with Crippen molar-refractivity contribution in [2.45, 2.75) is 69.9 Å². The average molecular weight is 358 g/mol. The van der Waals surface area contributed by atoms with E-state index in [0.717, 1.165) is 49.0 Å². The number of carbonyl (C=O) groups excluding carboxylic acids is 1. The molecule has 1 atom stereocenters. The predicted octanol–water partition coefficient (Wildman–Crippen LogP) is 3.26. The van der Waals surface area contributed by atoms with Crippen LogP contribution in [0.4, 0.5) is 0 Å². The lowest BCUT2D eigenvalue weighted by Gasteiger charge is -2.26. The van der Waals surface area contributed by atoms with Crippen LogP contribution in [-0.4, -0.2) is 42.8 Å². The molecule has 3 aliphatic rings. The number of fused-ring (bicyclic) bond motifs is 1. The van der Waals surface area contributed by atoms with Crippen LogP contribution >= 0.6 is 0 Å². The fourth-order valence-electron chi connectivity index (χ4n) is 4.51. The van der Waals surface area contributed by atoms with E-state index in [4.69, 9.17) is 9.47 Å². The Hall–Kier alpha value is -1.75. The molecule has 0 radical (unpaired) electrons. The van der Waals surface area contributed by atoms with Crippen molar-refractivity contribution in [2.24, 2.45) is 0 Å². The molecule has 0 aromatic heterocycles. The number of carbonyl (C=O) groups is 1. The van der Waals surface area contributed by atoms with Gasteiger partial charge in [0.25, 0.3) is 0 Å². The van der Waals surface area contributed by atoms with Crippen molar-refractivity contribution in [1.82, 2.24) is 10.2 Å². The van der Waals surface area contributed by atoms with E-state index in [2.05, 4.69) is 10.2 Å². The van der Waals surface area contributed by atoms with Crippen molar-refractivity contribution in [1.29, 1.82) is 0 Å². The molecule has 26 heavy (non-hydrogen) atoms. The number of hydrogen-bond donors (Lipinski definition) is 1. The Morgan fingerprint density at radius 1 is 1.08 bits per heavy atom. The van der Waals surface area contributed by atoms with Gasteiger partial charge >= 0.3 is 0 Å². The van der Waals surface area contributed by atoms with E-state index >= 15 is 0 Å². The SMILES string of the molecule is O=C(CCc1ccc2c(c1)OCO2)NC1CCN(C2CCCCCC2)C1. The van der Waals surface area contributed by atoms with Gasteiger partial charge in [0.1, 0.15) is 0 Å². The van der Waals surface area contributed by atoms with E-state index < -0.39 is 0 Å². The number of nitrogens with one attached hydrogen (secondary N) is 1. The second-order valence-corrected chi connectivity index (χ2v) is 7.88. The number of benzene rings is 1. The molecule has 1 saturated heterocycles. The molecular weight excluding hydrogens is 328 g/mol. The lowest BCUT2D eigenvalue weighted by molar-refractivity contribution is -0.121. The van der Waals surface area contributed by atoms with Crippen LogP contribution in [0.25, 0.3) is 0 Å². The molecule has 1 unspecified atom stereocenters. The van der Waals surface area contributed by atoms with Gasteiger partial charge in [-0.1, -0.05) is 31.7 Å². The highest BCUT2D eigenvalue weighted by atomic mass is 16.7. The third-order valence-corrected chi connectivity index (χ3v) is 6.00. The topological polar surface area (TPSA) is 50.8 Å². The maximum atomic E-state index is 12.4. The van der Waals surface area contributed by atoms with Gasteiger partial charge in [0, 0.05) is 31.6 Å². The summed E-state index contributed by atoms with van der Waals surface area (Å²) in [7, 11) is 0. The van der Waals surface area contributed by atoms with Crippen LogP contribution in [0.2, 0.25) is 0 Å². The highest BCUT2D eigenvalue weighted by Gasteiger charge is 2.29. The van der Waals surface area contributed by atoms with Crippen molar-refractivity contribution in [3.63, 3.8) is 0 Å². The van der Waals surface area contributed by atoms with Crippen molar-refractivity contribution in [3.05, 3.63) is 23.8 Å².